The second-order valence-corrected chi connectivity index (χ2v) is 6.56. The monoisotopic (exact) mass is 314 g/mol. The van der Waals surface area contributed by atoms with Crippen LogP contribution in [0.4, 0.5) is 4.79 Å². The van der Waals surface area contributed by atoms with Crippen LogP contribution >= 0.6 is 11.3 Å². The summed E-state index contributed by atoms with van der Waals surface area (Å²) < 4.78 is 0. The summed E-state index contributed by atoms with van der Waals surface area (Å²) in [5.74, 6) is -1.10. The first-order valence-corrected chi connectivity index (χ1v) is 7.60. The van der Waals surface area contributed by atoms with Crippen molar-refractivity contribution in [3.05, 3.63) is 22.4 Å². The van der Waals surface area contributed by atoms with Crippen LogP contribution in [0, 0.1) is 0 Å². The van der Waals surface area contributed by atoms with E-state index in [1.165, 1.54) is 6.92 Å². The quantitative estimate of drug-likeness (QED) is 0.717. The van der Waals surface area contributed by atoms with Crippen molar-refractivity contribution >= 4 is 23.3 Å². The third-order valence-corrected chi connectivity index (χ3v) is 3.80. The van der Waals surface area contributed by atoms with Crippen molar-refractivity contribution in [2.24, 2.45) is 0 Å². The average Bonchev–Trinajstić information content (AvgIpc) is 2.84. The Labute approximate surface area is 128 Å². The lowest BCUT2D eigenvalue weighted by Crippen LogP contribution is -2.49. The molecular weight excluding hydrogens is 292 g/mol. The van der Waals surface area contributed by atoms with Crippen LogP contribution in [-0.2, 0) is 11.3 Å². The molecule has 21 heavy (non-hydrogen) atoms. The van der Waals surface area contributed by atoms with Crippen LogP contribution in [0.5, 0.6) is 0 Å². The topological polar surface area (TPSA) is 89.9 Å². The molecule has 1 unspecified atom stereocenters. The number of nitrogens with one attached hydrogen (secondary N) is 1. The lowest BCUT2D eigenvalue weighted by Gasteiger charge is -2.29. The Kier molecular flexibility index (Phi) is 6.17. The molecule has 0 spiro atoms. The number of aliphatic carboxylic acids is 1. The predicted molar refractivity (Wildman–Crippen MR) is 81.3 cm³/mol. The van der Waals surface area contributed by atoms with Gasteiger partial charge in [0, 0.05) is 17.5 Å². The van der Waals surface area contributed by atoms with E-state index in [9.17, 15) is 14.7 Å². The number of rotatable bonds is 7. The van der Waals surface area contributed by atoms with Gasteiger partial charge in [0.05, 0.1) is 18.6 Å². The van der Waals surface area contributed by atoms with Crippen LogP contribution in [0.15, 0.2) is 17.5 Å². The van der Waals surface area contributed by atoms with Crippen molar-refractivity contribution < 1.29 is 19.8 Å². The normalized spacial score (nSPS) is 13.8. The molecule has 0 saturated heterocycles. The first-order valence-electron chi connectivity index (χ1n) is 6.72. The van der Waals surface area contributed by atoms with Gasteiger partial charge in [-0.25, -0.2) is 4.79 Å². The van der Waals surface area contributed by atoms with E-state index in [-0.39, 0.29) is 18.6 Å². The number of carbonyl (C=O) groups excluding carboxylic acids is 1. The smallest absolute Gasteiger partial charge is 0.318 e. The molecule has 6 nitrogen and oxygen atoms in total. The SMILES string of the molecule is CC(C)N(Cc1cccs1)C(=O)NCC(C)(O)CC(=O)O. The van der Waals surface area contributed by atoms with Crippen molar-refractivity contribution in [2.75, 3.05) is 6.54 Å². The molecule has 0 bridgehead atoms. The summed E-state index contributed by atoms with van der Waals surface area (Å²) in [5.41, 5.74) is -1.47. The van der Waals surface area contributed by atoms with Crippen LogP contribution in [0.3, 0.4) is 0 Å². The molecule has 0 aliphatic rings. The Morgan fingerprint density at radius 2 is 2.14 bits per heavy atom. The Balaban J connectivity index is 2.59. The number of nitrogens with zero attached hydrogens (tertiary/aromatic N) is 1. The van der Waals surface area contributed by atoms with Gasteiger partial charge in [-0.15, -0.1) is 11.3 Å². The van der Waals surface area contributed by atoms with Gasteiger partial charge in [0.1, 0.15) is 0 Å². The zero-order valence-corrected chi connectivity index (χ0v) is 13.3. The maximum absolute atomic E-state index is 12.2. The van der Waals surface area contributed by atoms with E-state index in [2.05, 4.69) is 5.32 Å². The van der Waals surface area contributed by atoms with E-state index >= 15 is 0 Å². The summed E-state index contributed by atoms with van der Waals surface area (Å²) in [6.45, 7) is 5.58. The average molecular weight is 314 g/mol. The first kappa shape index (κ1) is 17.5. The third kappa shape index (κ3) is 6.14. The van der Waals surface area contributed by atoms with Crippen molar-refractivity contribution in [3.63, 3.8) is 0 Å². The Morgan fingerprint density at radius 3 is 2.62 bits per heavy atom. The molecular formula is C14H22N2O4S. The summed E-state index contributed by atoms with van der Waals surface area (Å²) in [4.78, 5) is 25.5. The highest BCUT2D eigenvalue weighted by Crippen LogP contribution is 2.14. The van der Waals surface area contributed by atoms with Gasteiger partial charge < -0.3 is 20.4 Å². The summed E-state index contributed by atoms with van der Waals surface area (Å²) in [7, 11) is 0. The van der Waals surface area contributed by atoms with E-state index in [4.69, 9.17) is 5.11 Å². The number of hydrogen-bond acceptors (Lipinski definition) is 4. The highest BCUT2D eigenvalue weighted by Gasteiger charge is 2.26. The maximum atomic E-state index is 12.2. The fourth-order valence-corrected chi connectivity index (χ4v) is 2.52. The number of thiophene rings is 1. The van der Waals surface area contributed by atoms with Crippen LogP contribution in [0.1, 0.15) is 32.1 Å². The molecule has 0 aliphatic heterocycles. The molecule has 1 aromatic heterocycles. The molecule has 0 aromatic carbocycles. The molecule has 1 atom stereocenters. The van der Waals surface area contributed by atoms with E-state index in [0.717, 1.165) is 4.88 Å². The molecule has 0 fully saturated rings. The van der Waals surface area contributed by atoms with E-state index in [1.54, 1.807) is 16.2 Å². The lowest BCUT2D eigenvalue weighted by atomic mass is 10.0. The standard InChI is InChI=1S/C14H22N2O4S/c1-10(2)16(8-11-5-4-6-21-11)13(19)15-9-14(3,20)7-12(17)18/h4-6,10,20H,7-9H2,1-3H3,(H,15,19)(H,17,18). The number of carboxylic acid groups (broad SMARTS) is 1. The van der Waals surface area contributed by atoms with Crippen LogP contribution in [-0.4, -0.2) is 45.3 Å². The van der Waals surface area contributed by atoms with E-state index in [1.807, 2.05) is 31.4 Å². The second-order valence-electron chi connectivity index (χ2n) is 5.53. The molecule has 0 aliphatic carbocycles. The molecule has 0 radical (unpaired) electrons. The minimum absolute atomic E-state index is 0.00322. The minimum Gasteiger partial charge on any atom is -0.481 e. The Morgan fingerprint density at radius 1 is 1.48 bits per heavy atom. The van der Waals surface area contributed by atoms with Gasteiger partial charge in [0.25, 0.3) is 0 Å². The van der Waals surface area contributed by atoms with Gasteiger partial charge >= 0.3 is 12.0 Å². The number of amides is 2. The van der Waals surface area contributed by atoms with Crippen LogP contribution < -0.4 is 5.32 Å². The zero-order valence-electron chi connectivity index (χ0n) is 12.5. The van der Waals surface area contributed by atoms with Gasteiger partial charge in [0.15, 0.2) is 0 Å². The van der Waals surface area contributed by atoms with Gasteiger partial charge in [0.2, 0.25) is 0 Å². The van der Waals surface area contributed by atoms with Gasteiger partial charge in [-0.05, 0) is 32.2 Å². The van der Waals surface area contributed by atoms with Crippen molar-refractivity contribution in [2.45, 2.75) is 45.4 Å². The number of urea groups is 1. The predicted octanol–water partition coefficient (Wildman–Crippen LogP) is 1.89. The van der Waals surface area contributed by atoms with Gasteiger partial charge in [-0.1, -0.05) is 6.07 Å². The van der Waals surface area contributed by atoms with Gasteiger partial charge in [-0.2, -0.15) is 0 Å². The maximum Gasteiger partial charge on any atom is 0.318 e. The fourth-order valence-electron chi connectivity index (χ4n) is 1.82. The largest absolute Gasteiger partial charge is 0.481 e. The van der Waals surface area contributed by atoms with Crippen LogP contribution in [0.2, 0.25) is 0 Å². The summed E-state index contributed by atoms with van der Waals surface area (Å²) in [6.07, 6.45) is -0.417. The third-order valence-electron chi connectivity index (χ3n) is 2.94. The Hall–Kier alpha value is -1.60. The van der Waals surface area contributed by atoms with E-state index < -0.39 is 18.0 Å². The first-order chi connectivity index (χ1) is 9.71. The molecule has 7 heteroatoms. The number of carboxylic acids is 1. The highest BCUT2D eigenvalue weighted by molar-refractivity contribution is 7.09. The molecule has 1 rings (SSSR count). The molecule has 118 valence electrons. The number of aliphatic hydroxyl groups is 1. The van der Waals surface area contributed by atoms with Crippen molar-refractivity contribution in [3.8, 4) is 0 Å². The number of carbonyl (C=O) groups is 2. The summed E-state index contributed by atoms with van der Waals surface area (Å²) >= 11 is 1.57. The lowest BCUT2D eigenvalue weighted by molar-refractivity contribution is -0.141. The zero-order chi connectivity index (χ0) is 16.0. The second kappa shape index (κ2) is 7.42. The number of hydrogen-bond donors (Lipinski definition) is 3. The minimum atomic E-state index is -1.47. The molecule has 1 aromatic rings. The van der Waals surface area contributed by atoms with Crippen molar-refractivity contribution in [1.82, 2.24) is 10.2 Å². The molecule has 2 amide bonds. The molecule has 3 N–H and O–H groups in total. The van der Waals surface area contributed by atoms with E-state index in [0.29, 0.717) is 6.54 Å². The highest BCUT2D eigenvalue weighted by atomic mass is 32.1. The van der Waals surface area contributed by atoms with Crippen LogP contribution in [0.25, 0.3) is 0 Å². The Bertz CT molecular complexity index is 471. The van der Waals surface area contributed by atoms with Crippen molar-refractivity contribution in [1.29, 1.82) is 0 Å². The molecule has 0 saturated carbocycles. The fraction of sp³-hybridized carbons (Fsp3) is 0.571. The summed E-state index contributed by atoms with van der Waals surface area (Å²) in [5, 5.41) is 23.1. The molecule has 1 heterocycles. The summed E-state index contributed by atoms with van der Waals surface area (Å²) in [6, 6.07) is 3.56. The van der Waals surface area contributed by atoms with Gasteiger partial charge in [-0.3, -0.25) is 4.79 Å².